The average Bonchev–Trinajstić information content (AvgIpc) is 3.25. The van der Waals surface area contributed by atoms with Crippen LogP contribution < -0.4 is 0 Å². The summed E-state index contributed by atoms with van der Waals surface area (Å²) in [7, 11) is 0. The highest BCUT2D eigenvalue weighted by molar-refractivity contribution is 5.76. The fourth-order valence-electron chi connectivity index (χ4n) is 4.62. The molecule has 0 radical (unpaired) electrons. The first-order chi connectivity index (χ1) is 11.3. The van der Waals surface area contributed by atoms with Crippen LogP contribution in [0.2, 0.25) is 0 Å². The van der Waals surface area contributed by atoms with E-state index >= 15 is 0 Å². The minimum absolute atomic E-state index is 0.230. The second-order valence-electron chi connectivity index (χ2n) is 7.43. The summed E-state index contributed by atoms with van der Waals surface area (Å²) in [5.74, 6) is 1.14. The van der Waals surface area contributed by atoms with Crippen LogP contribution >= 0.6 is 0 Å². The van der Waals surface area contributed by atoms with Gasteiger partial charge in [0.15, 0.2) is 0 Å². The van der Waals surface area contributed by atoms with Crippen molar-refractivity contribution in [3.63, 3.8) is 0 Å². The lowest BCUT2D eigenvalue weighted by molar-refractivity contribution is -0.141. The molecule has 1 N–H and O–H groups in total. The Bertz CT molecular complexity index is 554. The molecule has 2 aliphatic heterocycles. The Morgan fingerprint density at radius 2 is 2.13 bits per heavy atom. The maximum absolute atomic E-state index is 12.5. The zero-order valence-electron chi connectivity index (χ0n) is 13.9. The molecular formula is C18H27N3O2. The van der Waals surface area contributed by atoms with Crippen LogP contribution in [0.4, 0.5) is 0 Å². The number of piperidine rings is 1. The van der Waals surface area contributed by atoms with Gasteiger partial charge in [-0.25, -0.2) is 0 Å². The van der Waals surface area contributed by atoms with Crippen molar-refractivity contribution >= 4 is 5.91 Å². The van der Waals surface area contributed by atoms with Gasteiger partial charge in [0.05, 0.1) is 18.5 Å². The number of ether oxygens (including phenoxy) is 1. The molecule has 1 aromatic rings. The maximum Gasteiger partial charge on any atom is 0.222 e. The van der Waals surface area contributed by atoms with E-state index in [1.54, 1.807) is 0 Å². The summed E-state index contributed by atoms with van der Waals surface area (Å²) in [4.78, 5) is 14.5. The number of amides is 1. The number of likely N-dealkylation sites (tertiary alicyclic amines) is 1. The van der Waals surface area contributed by atoms with Crippen LogP contribution in [-0.4, -0.2) is 40.7 Å². The molecule has 0 aromatic carbocycles. The molecule has 3 heterocycles. The number of H-pyrrole nitrogens is 1. The lowest BCUT2D eigenvalue weighted by Gasteiger charge is -2.43. The summed E-state index contributed by atoms with van der Waals surface area (Å²) >= 11 is 0. The number of aromatic amines is 1. The minimum atomic E-state index is -0.230. The second kappa shape index (κ2) is 6.27. The summed E-state index contributed by atoms with van der Waals surface area (Å²) in [6, 6.07) is 0. The Labute approximate surface area is 137 Å². The summed E-state index contributed by atoms with van der Waals surface area (Å²) in [6.45, 7) is 2.38. The quantitative estimate of drug-likeness (QED) is 0.932. The minimum Gasteiger partial charge on any atom is -0.368 e. The van der Waals surface area contributed by atoms with Crippen LogP contribution in [0.5, 0.6) is 0 Å². The molecule has 126 valence electrons. The number of fused-ring (bicyclic) bond motifs is 2. The largest absolute Gasteiger partial charge is 0.368 e. The standard InChI is InChI=1S/C18H27N3O2/c22-16(6-5-14-3-1-2-4-14)21-10-8-18(9-11-21)17-15(7-12-23-18)13-19-20-17/h13-14H,1-12H2,(H,19,20). The lowest BCUT2D eigenvalue weighted by atomic mass is 9.83. The van der Waals surface area contributed by atoms with Gasteiger partial charge in [-0.3, -0.25) is 9.89 Å². The number of carbonyl (C=O) groups excluding carboxylic acids is 1. The number of nitrogens with one attached hydrogen (secondary N) is 1. The molecule has 0 atom stereocenters. The van der Waals surface area contributed by atoms with Gasteiger partial charge in [-0.2, -0.15) is 5.10 Å². The molecular weight excluding hydrogens is 290 g/mol. The van der Waals surface area contributed by atoms with Crippen LogP contribution in [0.15, 0.2) is 6.20 Å². The predicted molar refractivity (Wildman–Crippen MR) is 86.9 cm³/mol. The Morgan fingerprint density at radius 3 is 2.91 bits per heavy atom. The topological polar surface area (TPSA) is 58.2 Å². The zero-order chi connectivity index (χ0) is 15.7. The van der Waals surface area contributed by atoms with Crippen molar-refractivity contribution in [2.24, 2.45) is 5.92 Å². The monoisotopic (exact) mass is 317 g/mol. The Balaban J connectivity index is 1.33. The molecule has 1 aliphatic carbocycles. The molecule has 23 heavy (non-hydrogen) atoms. The van der Waals surface area contributed by atoms with Crippen LogP contribution in [-0.2, 0) is 21.6 Å². The number of rotatable bonds is 3. The zero-order valence-corrected chi connectivity index (χ0v) is 13.9. The van der Waals surface area contributed by atoms with Crippen molar-refractivity contribution in [3.8, 4) is 0 Å². The molecule has 4 rings (SSSR count). The number of hydrogen-bond donors (Lipinski definition) is 1. The highest BCUT2D eigenvalue weighted by Gasteiger charge is 2.43. The van der Waals surface area contributed by atoms with E-state index in [-0.39, 0.29) is 5.60 Å². The Kier molecular flexibility index (Phi) is 4.14. The fourth-order valence-corrected chi connectivity index (χ4v) is 4.62. The fraction of sp³-hybridized carbons (Fsp3) is 0.778. The van der Waals surface area contributed by atoms with Gasteiger partial charge >= 0.3 is 0 Å². The van der Waals surface area contributed by atoms with E-state index < -0.39 is 0 Å². The van der Waals surface area contributed by atoms with Crippen LogP contribution in [0.25, 0.3) is 0 Å². The lowest BCUT2D eigenvalue weighted by Crippen LogP contribution is -2.48. The molecule has 1 amide bonds. The van der Waals surface area contributed by atoms with E-state index in [1.807, 2.05) is 11.1 Å². The van der Waals surface area contributed by atoms with Crippen molar-refractivity contribution in [1.29, 1.82) is 0 Å². The molecule has 0 bridgehead atoms. The molecule has 5 nitrogen and oxygen atoms in total. The SMILES string of the molecule is O=C(CCC1CCCC1)N1CCC2(CC1)OCCc1cn[nH]c12. The maximum atomic E-state index is 12.5. The number of nitrogens with zero attached hydrogens (tertiary/aromatic N) is 2. The first-order valence-electron chi connectivity index (χ1n) is 9.21. The van der Waals surface area contributed by atoms with Gasteiger partial charge in [-0.05, 0) is 37.2 Å². The van der Waals surface area contributed by atoms with Crippen molar-refractivity contribution in [2.75, 3.05) is 19.7 Å². The second-order valence-corrected chi connectivity index (χ2v) is 7.43. The van der Waals surface area contributed by atoms with Crippen molar-refractivity contribution in [3.05, 3.63) is 17.5 Å². The van der Waals surface area contributed by atoms with E-state index in [4.69, 9.17) is 4.74 Å². The normalized spacial score (nSPS) is 24.1. The van der Waals surface area contributed by atoms with Crippen LogP contribution in [0, 0.1) is 5.92 Å². The molecule has 1 saturated heterocycles. The first-order valence-corrected chi connectivity index (χ1v) is 9.21. The third-order valence-electron chi connectivity index (χ3n) is 6.09. The van der Waals surface area contributed by atoms with Gasteiger partial charge in [-0.1, -0.05) is 25.7 Å². The van der Waals surface area contributed by atoms with E-state index in [0.717, 1.165) is 63.4 Å². The average molecular weight is 317 g/mol. The third-order valence-corrected chi connectivity index (χ3v) is 6.09. The summed E-state index contributed by atoms with van der Waals surface area (Å²) in [6.07, 6.45) is 11.8. The summed E-state index contributed by atoms with van der Waals surface area (Å²) in [5.41, 5.74) is 2.21. The van der Waals surface area contributed by atoms with E-state index in [9.17, 15) is 4.79 Å². The molecule has 3 aliphatic rings. The van der Waals surface area contributed by atoms with Gasteiger partial charge in [0.25, 0.3) is 0 Å². The number of hydrogen-bond acceptors (Lipinski definition) is 3. The van der Waals surface area contributed by atoms with Gasteiger partial charge in [-0.15, -0.1) is 0 Å². The Morgan fingerprint density at radius 1 is 1.35 bits per heavy atom. The smallest absolute Gasteiger partial charge is 0.222 e. The molecule has 1 spiro atoms. The van der Waals surface area contributed by atoms with Crippen LogP contribution in [0.1, 0.15) is 62.6 Å². The predicted octanol–water partition coefficient (Wildman–Crippen LogP) is 2.77. The van der Waals surface area contributed by atoms with Gasteiger partial charge < -0.3 is 9.64 Å². The summed E-state index contributed by atoms with van der Waals surface area (Å²) < 4.78 is 6.15. The van der Waals surface area contributed by atoms with E-state index in [2.05, 4.69) is 10.2 Å². The Hall–Kier alpha value is -1.36. The molecule has 5 heteroatoms. The number of aromatic nitrogens is 2. The molecule has 1 saturated carbocycles. The van der Waals surface area contributed by atoms with Crippen LogP contribution in [0.3, 0.4) is 0 Å². The van der Waals surface area contributed by atoms with Crippen molar-refractivity contribution in [2.45, 2.75) is 63.4 Å². The molecule has 1 aromatic heterocycles. The highest BCUT2D eigenvalue weighted by atomic mass is 16.5. The van der Waals surface area contributed by atoms with Gasteiger partial charge in [0, 0.05) is 19.5 Å². The first kappa shape index (κ1) is 15.2. The van der Waals surface area contributed by atoms with E-state index in [0.29, 0.717) is 5.91 Å². The molecule has 2 fully saturated rings. The summed E-state index contributed by atoms with van der Waals surface area (Å²) in [5, 5.41) is 7.34. The third kappa shape index (κ3) is 2.91. The van der Waals surface area contributed by atoms with Crippen molar-refractivity contribution < 1.29 is 9.53 Å². The van der Waals surface area contributed by atoms with E-state index in [1.165, 1.54) is 31.2 Å². The van der Waals surface area contributed by atoms with Gasteiger partial charge in [0.2, 0.25) is 5.91 Å². The number of carbonyl (C=O) groups is 1. The molecule has 0 unspecified atom stereocenters. The van der Waals surface area contributed by atoms with Gasteiger partial charge in [0.1, 0.15) is 5.60 Å². The highest BCUT2D eigenvalue weighted by Crippen LogP contribution is 2.40. The van der Waals surface area contributed by atoms with Crippen molar-refractivity contribution in [1.82, 2.24) is 15.1 Å².